The number of halogens is 1. The smallest absolute Gasteiger partial charge is 0.243 e. The lowest BCUT2D eigenvalue weighted by Gasteiger charge is -2.19. The van der Waals surface area contributed by atoms with Crippen LogP contribution >= 0.6 is 0 Å². The van der Waals surface area contributed by atoms with E-state index in [1.807, 2.05) is 24.3 Å². The number of hydrogen-bond donors (Lipinski definition) is 1. The Morgan fingerprint density at radius 2 is 1.88 bits per heavy atom. The predicted molar refractivity (Wildman–Crippen MR) is 91.9 cm³/mol. The molecule has 1 aliphatic rings. The summed E-state index contributed by atoms with van der Waals surface area (Å²) >= 11 is 0. The van der Waals surface area contributed by atoms with Crippen LogP contribution in [0.5, 0.6) is 0 Å². The van der Waals surface area contributed by atoms with E-state index in [-0.39, 0.29) is 23.4 Å². The minimum atomic E-state index is -3.84. The fraction of sp³-hybridized carbons (Fsp3) is 0.278. The number of fused-ring (bicyclic) bond motifs is 1. The summed E-state index contributed by atoms with van der Waals surface area (Å²) in [5.74, 6) is -0.880. The van der Waals surface area contributed by atoms with Crippen LogP contribution in [0.1, 0.15) is 23.6 Å². The lowest BCUT2D eigenvalue weighted by molar-refractivity contribution is -0.121. The van der Waals surface area contributed by atoms with E-state index in [0.717, 1.165) is 34.8 Å². The zero-order valence-electron chi connectivity index (χ0n) is 13.8. The Labute approximate surface area is 146 Å². The molecule has 0 aromatic heterocycles. The van der Waals surface area contributed by atoms with Crippen LogP contribution in [0, 0.1) is 5.82 Å². The second-order valence-corrected chi connectivity index (χ2v) is 8.12. The van der Waals surface area contributed by atoms with E-state index < -0.39 is 15.8 Å². The van der Waals surface area contributed by atoms with Gasteiger partial charge in [-0.25, -0.2) is 12.8 Å². The minimum Gasteiger partial charge on any atom is -0.348 e. The van der Waals surface area contributed by atoms with Gasteiger partial charge >= 0.3 is 0 Å². The summed E-state index contributed by atoms with van der Waals surface area (Å²) in [4.78, 5) is 12.2. The average Bonchev–Trinajstić information content (AvgIpc) is 2.98. The Kier molecular flexibility index (Phi) is 4.87. The lowest BCUT2D eigenvalue weighted by atomic mass is 10.1. The van der Waals surface area contributed by atoms with Gasteiger partial charge in [-0.3, -0.25) is 4.79 Å². The molecule has 2 aromatic rings. The standard InChI is InChI=1S/C18H19FN2O3S/c1-21(25(23,24)15-9-7-14(19)8-10-15)12-18(22)20-17-11-6-13-4-2-3-5-16(13)17/h2-5,7-10,17H,6,11-12H2,1H3,(H,20,22). The molecule has 0 bridgehead atoms. The molecule has 0 fully saturated rings. The maximum Gasteiger partial charge on any atom is 0.243 e. The molecular formula is C18H19FN2O3S. The number of nitrogens with one attached hydrogen (secondary N) is 1. The first-order valence-corrected chi connectivity index (χ1v) is 9.41. The van der Waals surface area contributed by atoms with E-state index in [2.05, 4.69) is 5.32 Å². The van der Waals surface area contributed by atoms with Crippen LogP contribution in [0.15, 0.2) is 53.4 Å². The first-order valence-electron chi connectivity index (χ1n) is 7.97. The van der Waals surface area contributed by atoms with Gasteiger partial charge in [0.25, 0.3) is 0 Å². The van der Waals surface area contributed by atoms with Gasteiger partial charge in [0, 0.05) is 7.05 Å². The molecule has 0 aliphatic heterocycles. The van der Waals surface area contributed by atoms with Crippen molar-refractivity contribution in [2.45, 2.75) is 23.8 Å². The van der Waals surface area contributed by atoms with Gasteiger partial charge < -0.3 is 5.32 Å². The van der Waals surface area contributed by atoms with Crippen molar-refractivity contribution < 1.29 is 17.6 Å². The summed E-state index contributed by atoms with van der Waals surface area (Å²) in [5.41, 5.74) is 2.29. The van der Waals surface area contributed by atoms with Gasteiger partial charge in [-0.2, -0.15) is 4.31 Å². The quantitative estimate of drug-likeness (QED) is 0.887. The van der Waals surface area contributed by atoms with Crippen molar-refractivity contribution in [1.82, 2.24) is 9.62 Å². The number of nitrogens with zero attached hydrogens (tertiary/aromatic N) is 1. The Balaban J connectivity index is 1.66. The van der Waals surface area contributed by atoms with Crippen LogP contribution in [0.2, 0.25) is 0 Å². The van der Waals surface area contributed by atoms with Gasteiger partial charge in [-0.05, 0) is 48.2 Å². The molecule has 0 spiro atoms. The zero-order chi connectivity index (χ0) is 18.0. The number of sulfonamides is 1. The topological polar surface area (TPSA) is 66.5 Å². The second kappa shape index (κ2) is 6.93. The highest BCUT2D eigenvalue weighted by Crippen LogP contribution is 2.30. The summed E-state index contributed by atoms with van der Waals surface area (Å²) < 4.78 is 38.8. The van der Waals surface area contributed by atoms with Crippen molar-refractivity contribution in [1.29, 1.82) is 0 Å². The number of rotatable bonds is 5. The van der Waals surface area contributed by atoms with Crippen molar-refractivity contribution in [2.75, 3.05) is 13.6 Å². The number of benzene rings is 2. The predicted octanol–water partition coefficient (Wildman–Crippen LogP) is 2.25. The largest absolute Gasteiger partial charge is 0.348 e. The maximum atomic E-state index is 13.0. The van der Waals surface area contributed by atoms with Gasteiger partial charge in [0.05, 0.1) is 17.5 Å². The van der Waals surface area contributed by atoms with Gasteiger partial charge in [-0.15, -0.1) is 0 Å². The molecule has 1 aliphatic carbocycles. The van der Waals surface area contributed by atoms with Gasteiger partial charge in [0.1, 0.15) is 5.82 Å². The molecular weight excluding hydrogens is 343 g/mol. The highest BCUT2D eigenvalue weighted by atomic mass is 32.2. The van der Waals surface area contributed by atoms with Crippen LogP contribution in [-0.4, -0.2) is 32.2 Å². The highest BCUT2D eigenvalue weighted by Gasteiger charge is 2.26. The first-order chi connectivity index (χ1) is 11.9. The molecule has 3 rings (SSSR count). The van der Waals surface area contributed by atoms with Crippen molar-refractivity contribution in [3.63, 3.8) is 0 Å². The molecule has 0 saturated heterocycles. The monoisotopic (exact) mass is 362 g/mol. The number of carbonyl (C=O) groups excluding carboxylic acids is 1. The number of carbonyl (C=O) groups is 1. The van der Waals surface area contributed by atoms with Crippen LogP contribution in [0.25, 0.3) is 0 Å². The Bertz CT molecular complexity index is 881. The van der Waals surface area contributed by atoms with Gasteiger partial charge in [0.15, 0.2) is 0 Å². The Hall–Kier alpha value is -2.25. The molecule has 1 amide bonds. The fourth-order valence-electron chi connectivity index (χ4n) is 3.02. The Morgan fingerprint density at radius 1 is 1.20 bits per heavy atom. The van der Waals surface area contributed by atoms with E-state index >= 15 is 0 Å². The number of likely N-dealkylation sites (N-methyl/N-ethyl adjacent to an activating group) is 1. The van der Waals surface area contributed by atoms with Crippen LogP contribution in [0.4, 0.5) is 4.39 Å². The van der Waals surface area contributed by atoms with Gasteiger partial charge in [-0.1, -0.05) is 24.3 Å². The third-order valence-electron chi connectivity index (χ3n) is 4.36. The van der Waals surface area contributed by atoms with Crippen LogP contribution < -0.4 is 5.32 Å². The third kappa shape index (κ3) is 3.72. The SMILES string of the molecule is CN(CC(=O)NC1CCc2ccccc21)S(=O)(=O)c1ccc(F)cc1. The van der Waals surface area contributed by atoms with Crippen LogP contribution in [-0.2, 0) is 21.2 Å². The minimum absolute atomic E-state index is 0.0459. The summed E-state index contributed by atoms with van der Waals surface area (Å²) in [5, 5.41) is 2.89. The fourth-order valence-corrected chi connectivity index (χ4v) is 4.15. The van der Waals surface area contributed by atoms with E-state index in [1.165, 1.54) is 24.7 Å². The highest BCUT2D eigenvalue weighted by molar-refractivity contribution is 7.89. The maximum absolute atomic E-state index is 13.0. The zero-order valence-corrected chi connectivity index (χ0v) is 14.6. The van der Waals surface area contributed by atoms with Crippen molar-refractivity contribution in [3.05, 3.63) is 65.5 Å². The lowest BCUT2D eigenvalue weighted by Crippen LogP contribution is -2.39. The molecule has 1 unspecified atom stereocenters. The molecule has 2 aromatic carbocycles. The number of hydrogen-bond acceptors (Lipinski definition) is 3. The first kappa shape index (κ1) is 17.6. The molecule has 1 atom stereocenters. The van der Waals surface area contributed by atoms with Crippen LogP contribution in [0.3, 0.4) is 0 Å². The average molecular weight is 362 g/mol. The number of amides is 1. The molecule has 132 valence electrons. The summed E-state index contributed by atoms with van der Waals surface area (Å²) in [6.07, 6.45) is 1.70. The van der Waals surface area contributed by atoms with E-state index in [1.54, 1.807) is 0 Å². The molecule has 1 N–H and O–H groups in total. The number of aryl methyl sites for hydroxylation is 1. The summed E-state index contributed by atoms with van der Waals surface area (Å²) in [7, 11) is -2.50. The van der Waals surface area contributed by atoms with Crippen molar-refractivity contribution in [3.8, 4) is 0 Å². The van der Waals surface area contributed by atoms with Crippen molar-refractivity contribution in [2.24, 2.45) is 0 Å². The van der Waals surface area contributed by atoms with E-state index in [0.29, 0.717) is 0 Å². The molecule has 0 heterocycles. The summed E-state index contributed by atoms with van der Waals surface area (Å²) in [6.45, 7) is -0.293. The normalized spacial score (nSPS) is 16.7. The Morgan fingerprint density at radius 3 is 2.60 bits per heavy atom. The van der Waals surface area contributed by atoms with E-state index in [9.17, 15) is 17.6 Å². The molecule has 25 heavy (non-hydrogen) atoms. The molecule has 0 saturated carbocycles. The van der Waals surface area contributed by atoms with Crippen molar-refractivity contribution >= 4 is 15.9 Å². The van der Waals surface area contributed by atoms with Gasteiger partial charge in [0.2, 0.25) is 15.9 Å². The second-order valence-electron chi connectivity index (χ2n) is 6.07. The molecule has 7 heteroatoms. The molecule has 0 radical (unpaired) electrons. The third-order valence-corrected chi connectivity index (χ3v) is 6.17. The van der Waals surface area contributed by atoms with E-state index in [4.69, 9.17) is 0 Å². The summed E-state index contributed by atoms with van der Waals surface area (Å²) in [6, 6.07) is 12.3. The molecule has 5 nitrogen and oxygen atoms in total.